The largest absolute Gasteiger partial charge is 0.377 e. The van der Waals surface area contributed by atoms with Gasteiger partial charge < -0.3 is 9.26 Å². The van der Waals surface area contributed by atoms with Crippen LogP contribution in [-0.2, 0) is 4.74 Å². The fourth-order valence-electron chi connectivity index (χ4n) is 2.87. The molecule has 0 amide bonds. The van der Waals surface area contributed by atoms with Crippen molar-refractivity contribution >= 4 is 0 Å². The Morgan fingerprint density at radius 3 is 2.55 bits per heavy atom. The summed E-state index contributed by atoms with van der Waals surface area (Å²) in [6, 6.07) is 0.217. The van der Waals surface area contributed by atoms with E-state index in [0.29, 0.717) is 12.0 Å². The van der Waals surface area contributed by atoms with E-state index in [1.54, 1.807) is 0 Å². The van der Waals surface area contributed by atoms with E-state index in [1.165, 1.54) is 12.8 Å². The number of hydrogen-bond acceptors (Lipinski definition) is 6. The Balaban J connectivity index is 1.43. The third-order valence-electron chi connectivity index (χ3n) is 4.57. The molecular formula is C16H28N4O2. The first-order valence-electron chi connectivity index (χ1n) is 8.55. The Kier molecular flexibility index (Phi) is 5.10. The normalized spacial score (nSPS) is 22.4. The molecule has 1 saturated carbocycles. The van der Waals surface area contributed by atoms with Crippen LogP contribution in [0, 0.1) is 0 Å². The molecule has 1 saturated heterocycles. The maximum absolute atomic E-state index is 5.63. The zero-order valence-electron chi connectivity index (χ0n) is 14.0. The predicted molar refractivity (Wildman–Crippen MR) is 83.8 cm³/mol. The lowest BCUT2D eigenvalue weighted by atomic mass is 10.2. The molecule has 1 aromatic rings. The molecule has 1 aliphatic carbocycles. The van der Waals surface area contributed by atoms with E-state index in [1.807, 2.05) is 0 Å². The minimum atomic E-state index is 0.217. The van der Waals surface area contributed by atoms with Crippen molar-refractivity contribution in [3.63, 3.8) is 0 Å². The third kappa shape index (κ3) is 4.06. The first kappa shape index (κ1) is 15.9. The summed E-state index contributed by atoms with van der Waals surface area (Å²) in [5, 5.41) is 4.13. The van der Waals surface area contributed by atoms with Crippen molar-refractivity contribution in [3.8, 4) is 0 Å². The summed E-state index contributed by atoms with van der Waals surface area (Å²) >= 11 is 0. The number of nitrogens with zero attached hydrogens (tertiary/aromatic N) is 4. The van der Waals surface area contributed by atoms with Crippen molar-refractivity contribution in [2.45, 2.75) is 51.7 Å². The first-order chi connectivity index (χ1) is 10.6. The second-order valence-corrected chi connectivity index (χ2v) is 6.74. The van der Waals surface area contributed by atoms with E-state index >= 15 is 0 Å². The summed E-state index contributed by atoms with van der Waals surface area (Å²) in [6.45, 7) is 12.4. The quantitative estimate of drug-likeness (QED) is 0.768. The molecule has 3 rings (SSSR count). The molecule has 22 heavy (non-hydrogen) atoms. The average Bonchev–Trinajstić information content (AvgIpc) is 3.24. The van der Waals surface area contributed by atoms with Crippen LogP contribution in [0.5, 0.6) is 0 Å². The average molecular weight is 308 g/mol. The molecule has 0 bridgehead atoms. The zero-order chi connectivity index (χ0) is 15.5. The second kappa shape index (κ2) is 7.06. The van der Waals surface area contributed by atoms with E-state index in [9.17, 15) is 0 Å². The van der Waals surface area contributed by atoms with Gasteiger partial charge in [0, 0.05) is 38.6 Å². The highest BCUT2D eigenvalue weighted by molar-refractivity contribution is 5.04. The molecule has 0 N–H and O–H groups in total. The van der Waals surface area contributed by atoms with Gasteiger partial charge in [0.15, 0.2) is 5.82 Å². The van der Waals surface area contributed by atoms with Gasteiger partial charge in [0.1, 0.15) is 0 Å². The van der Waals surface area contributed by atoms with Crippen LogP contribution >= 0.6 is 0 Å². The SMILES string of the molecule is CC(C)OCCN1CCN([C@H](C)c2nc(C3CC3)no2)CC1. The number of aromatic nitrogens is 2. The number of rotatable bonds is 7. The predicted octanol–water partition coefficient (Wildman–Crippen LogP) is 2.05. The number of piperazine rings is 1. The van der Waals surface area contributed by atoms with Crippen LogP contribution in [0.2, 0.25) is 0 Å². The molecule has 1 aromatic heterocycles. The maximum atomic E-state index is 5.63. The van der Waals surface area contributed by atoms with Gasteiger partial charge in [-0.05, 0) is 33.6 Å². The highest BCUT2D eigenvalue weighted by atomic mass is 16.5. The van der Waals surface area contributed by atoms with Gasteiger partial charge in [-0.2, -0.15) is 4.98 Å². The minimum Gasteiger partial charge on any atom is -0.377 e. The van der Waals surface area contributed by atoms with Gasteiger partial charge in [-0.25, -0.2) is 0 Å². The van der Waals surface area contributed by atoms with Crippen LogP contribution in [0.15, 0.2) is 4.52 Å². The van der Waals surface area contributed by atoms with Crippen molar-refractivity contribution in [1.29, 1.82) is 0 Å². The summed E-state index contributed by atoms with van der Waals surface area (Å²) < 4.78 is 11.1. The van der Waals surface area contributed by atoms with Crippen LogP contribution in [0.3, 0.4) is 0 Å². The summed E-state index contributed by atoms with van der Waals surface area (Å²) in [6.07, 6.45) is 2.74. The summed E-state index contributed by atoms with van der Waals surface area (Å²) in [5.41, 5.74) is 0. The van der Waals surface area contributed by atoms with Crippen molar-refractivity contribution in [2.75, 3.05) is 39.3 Å². The molecule has 124 valence electrons. The van der Waals surface area contributed by atoms with Gasteiger partial charge in [-0.1, -0.05) is 5.16 Å². The van der Waals surface area contributed by atoms with Gasteiger partial charge in [0.2, 0.25) is 5.89 Å². The summed E-state index contributed by atoms with van der Waals surface area (Å²) in [4.78, 5) is 9.48. The first-order valence-corrected chi connectivity index (χ1v) is 8.55. The lowest BCUT2D eigenvalue weighted by molar-refractivity contribution is 0.0359. The van der Waals surface area contributed by atoms with Crippen molar-refractivity contribution in [2.24, 2.45) is 0 Å². The van der Waals surface area contributed by atoms with E-state index in [-0.39, 0.29) is 6.04 Å². The Morgan fingerprint density at radius 2 is 1.91 bits per heavy atom. The second-order valence-electron chi connectivity index (χ2n) is 6.74. The molecule has 6 nitrogen and oxygen atoms in total. The molecule has 0 radical (unpaired) electrons. The molecule has 2 fully saturated rings. The van der Waals surface area contributed by atoms with Gasteiger partial charge in [0.25, 0.3) is 0 Å². The molecule has 1 aliphatic heterocycles. The molecule has 2 aliphatic rings. The van der Waals surface area contributed by atoms with E-state index in [0.717, 1.165) is 51.0 Å². The number of hydrogen-bond donors (Lipinski definition) is 0. The van der Waals surface area contributed by atoms with Crippen LogP contribution < -0.4 is 0 Å². The topological polar surface area (TPSA) is 54.6 Å². The molecule has 0 aromatic carbocycles. The minimum absolute atomic E-state index is 0.217. The molecule has 1 atom stereocenters. The standard InChI is InChI=1S/C16H28N4O2/c1-12(2)21-11-10-19-6-8-20(9-7-19)13(3)16-17-15(18-22-16)14-4-5-14/h12-14H,4-11H2,1-3H3/t13-/m1/s1. The molecule has 0 unspecified atom stereocenters. The van der Waals surface area contributed by atoms with E-state index in [4.69, 9.17) is 9.26 Å². The smallest absolute Gasteiger partial charge is 0.243 e. The zero-order valence-corrected chi connectivity index (χ0v) is 14.0. The van der Waals surface area contributed by atoms with Gasteiger partial charge >= 0.3 is 0 Å². The van der Waals surface area contributed by atoms with Crippen molar-refractivity contribution in [1.82, 2.24) is 19.9 Å². The van der Waals surface area contributed by atoms with Gasteiger partial charge in [0.05, 0.1) is 18.8 Å². The van der Waals surface area contributed by atoms with Crippen LogP contribution in [0.4, 0.5) is 0 Å². The summed E-state index contributed by atoms with van der Waals surface area (Å²) in [7, 11) is 0. The highest BCUT2D eigenvalue weighted by Gasteiger charge is 2.31. The third-order valence-corrected chi connectivity index (χ3v) is 4.57. The van der Waals surface area contributed by atoms with E-state index in [2.05, 4.69) is 40.7 Å². The molecule has 2 heterocycles. The maximum Gasteiger partial charge on any atom is 0.243 e. The lowest BCUT2D eigenvalue weighted by Crippen LogP contribution is -2.48. The molecule has 0 spiro atoms. The van der Waals surface area contributed by atoms with Crippen molar-refractivity contribution in [3.05, 3.63) is 11.7 Å². The Morgan fingerprint density at radius 1 is 1.18 bits per heavy atom. The molecular weight excluding hydrogens is 280 g/mol. The fraction of sp³-hybridized carbons (Fsp3) is 0.875. The highest BCUT2D eigenvalue weighted by Crippen LogP contribution is 2.38. The number of ether oxygens (including phenoxy) is 1. The van der Waals surface area contributed by atoms with Crippen LogP contribution in [0.1, 0.15) is 57.3 Å². The Labute approximate surface area is 132 Å². The Bertz CT molecular complexity index is 464. The fourth-order valence-corrected chi connectivity index (χ4v) is 2.87. The van der Waals surface area contributed by atoms with Gasteiger partial charge in [-0.15, -0.1) is 0 Å². The summed E-state index contributed by atoms with van der Waals surface area (Å²) in [5.74, 6) is 2.24. The molecule has 6 heteroatoms. The Hall–Kier alpha value is -0.980. The van der Waals surface area contributed by atoms with Gasteiger partial charge in [-0.3, -0.25) is 9.80 Å². The van der Waals surface area contributed by atoms with E-state index < -0.39 is 0 Å². The lowest BCUT2D eigenvalue weighted by Gasteiger charge is -2.36. The monoisotopic (exact) mass is 308 g/mol. The van der Waals surface area contributed by atoms with Crippen molar-refractivity contribution < 1.29 is 9.26 Å². The van der Waals surface area contributed by atoms with Crippen LogP contribution in [-0.4, -0.2) is 65.4 Å². The van der Waals surface area contributed by atoms with Crippen LogP contribution in [0.25, 0.3) is 0 Å².